The van der Waals surface area contributed by atoms with E-state index >= 15 is 0 Å². The van der Waals surface area contributed by atoms with Gasteiger partial charge in [-0.25, -0.2) is 0 Å². The summed E-state index contributed by atoms with van der Waals surface area (Å²) in [5.41, 5.74) is 3.39. The van der Waals surface area contributed by atoms with E-state index in [1.165, 1.54) is 18.4 Å². The number of rotatable bonds is 7. The van der Waals surface area contributed by atoms with E-state index in [2.05, 4.69) is 17.1 Å². The highest BCUT2D eigenvalue weighted by Crippen LogP contribution is 2.27. The normalized spacial score (nSPS) is 17.2. The average molecular weight is 482 g/mol. The first-order valence-corrected chi connectivity index (χ1v) is 12.6. The number of benzene rings is 3. The topological polar surface area (TPSA) is 69.7 Å². The number of carbonyl (C=O) groups is 3. The number of nitrogens with one attached hydrogen (secondary N) is 1. The maximum absolute atomic E-state index is 13.5. The Bertz CT molecular complexity index is 1210. The average Bonchev–Trinajstić information content (AvgIpc) is 3.15. The van der Waals surface area contributed by atoms with Crippen LogP contribution in [0.5, 0.6) is 0 Å². The summed E-state index contributed by atoms with van der Waals surface area (Å²) in [6.07, 6.45) is 2.70. The number of anilines is 1. The van der Waals surface area contributed by atoms with Gasteiger partial charge in [0.15, 0.2) is 0 Å². The second-order valence-corrected chi connectivity index (χ2v) is 9.88. The molecule has 2 heterocycles. The first-order chi connectivity index (χ1) is 17.5. The SMILES string of the molecule is CC1CCN(Cc2ccc(NC(=O)C(Cc3ccccc3)N3C(=O)c4ccccc4C3=O)cc2)CC1. The molecule has 6 heteroatoms. The predicted molar refractivity (Wildman–Crippen MR) is 140 cm³/mol. The highest BCUT2D eigenvalue weighted by Gasteiger charge is 2.42. The molecule has 1 saturated heterocycles. The smallest absolute Gasteiger partial charge is 0.262 e. The molecule has 0 aromatic heterocycles. The molecule has 0 spiro atoms. The predicted octanol–water partition coefficient (Wildman–Crippen LogP) is 4.76. The van der Waals surface area contributed by atoms with Crippen molar-refractivity contribution in [2.24, 2.45) is 5.92 Å². The number of imide groups is 1. The zero-order valence-electron chi connectivity index (χ0n) is 20.5. The van der Waals surface area contributed by atoms with Gasteiger partial charge in [0.1, 0.15) is 6.04 Å². The van der Waals surface area contributed by atoms with Gasteiger partial charge in [0.25, 0.3) is 11.8 Å². The highest BCUT2D eigenvalue weighted by atomic mass is 16.2. The van der Waals surface area contributed by atoms with E-state index in [1.54, 1.807) is 24.3 Å². The molecule has 3 aromatic carbocycles. The fraction of sp³-hybridized carbons (Fsp3) is 0.300. The number of fused-ring (bicyclic) bond motifs is 1. The Morgan fingerprint density at radius 2 is 1.42 bits per heavy atom. The van der Waals surface area contributed by atoms with E-state index in [0.717, 1.165) is 36.0 Å². The van der Waals surface area contributed by atoms with Crippen molar-refractivity contribution in [1.82, 2.24) is 9.80 Å². The van der Waals surface area contributed by atoms with E-state index in [0.29, 0.717) is 16.8 Å². The lowest BCUT2D eigenvalue weighted by atomic mass is 9.99. The Kier molecular flexibility index (Phi) is 6.96. The van der Waals surface area contributed by atoms with Gasteiger partial charge in [0.05, 0.1) is 11.1 Å². The van der Waals surface area contributed by atoms with Crippen LogP contribution in [0.25, 0.3) is 0 Å². The molecule has 184 valence electrons. The molecule has 36 heavy (non-hydrogen) atoms. The van der Waals surface area contributed by atoms with Gasteiger partial charge < -0.3 is 5.32 Å². The van der Waals surface area contributed by atoms with Crippen molar-refractivity contribution in [2.75, 3.05) is 18.4 Å². The number of piperidine rings is 1. The lowest BCUT2D eigenvalue weighted by molar-refractivity contribution is -0.119. The number of hydrogen-bond donors (Lipinski definition) is 1. The van der Waals surface area contributed by atoms with Crippen molar-refractivity contribution >= 4 is 23.4 Å². The Balaban J connectivity index is 1.32. The molecule has 0 radical (unpaired) electrons. The van der Waals surface area contributed by atoms with Gasteiger partial charge in [0.2, 0.25) is 5.91 Å². The summed E-state index contributed by atoms with van der Waals surface area (Å²) >= 11 is 0. The standard InChI is InChI=1S/C30H31N3O3/c1-21-15-17-32(18-16-21)20-23-11-13-24(14-12-23)31-28(34)27(19-22-7-3-2-4-8-22)33-29(35)25-9-5-6-10-26(25)30(33)36/h2-14,21,27H,15-20H2,1H3,(H,31,34). The number of hydrogen-bond acceptors (Lipinski definition) is 4. The quantitative estimate of drug-likeness (QED) is 0.494. The molecule has 2 aliphatic heterocycles. The summed E-state index contributed by atoms with van der Waals surface area (Å²) in [6, 6.07) is 23.1. The second-order valence-electron chi connectivity index (χ2n) is 9.88. The van der Waals surface area contributed by atoms with Crippen LogP contribution in [0.4, 0.5) is 5.69 Å². The van der Waals surface area contributed by atoms with Gasteiger partial charge in [-0.05, 0) is 67.2 Å². The number of amides is 3. The van der Waals surface area contributed by atoms with Gasteiger partial charge >= 0.3 is 0 Å². The molecule has 6 nitrogen and oxygen atoms in total. The van der Waals surface area contributed by atoms with E-state index in [4.69, 9.17) is 0 Å². The Morgan fingerprint density at radius 3 is 2.03 bits per heavy atom. The maximum Gasteiger partial charge on any atom is 0.262 e. The molecule has 1 atom stereocenters. The van der Waals surface area contributed by atoms with E-state index in [9.17, 15) is 14.4 Å². The summed E-state index contributed by atoms with van der Waals surface area (Å²) in [7, 11) is 0. The van der Waals surface area contributed by atoms with Crippen molar-refractivity contribution in [3.05, 3.63) is 101 Å². The van der Waals surface area contributed by atoms with Crippen molar-refractivity contribution in [3.63, 3.8) is 0 Å². The molecule has 3 aromatic rings. The van der Waals surface area contributed by atoms with E-state index < -0.39 is 17.9 Å². The van der Waals surface area contributed by atoms with E-state index in [1.807, 2.05) is 54.6 Å². The Morgan fingerprint density at radius 1 is 0.833 bits per heavy atom. The number of likely N-dealkylation sites (tertiary alicyclic amines) is 1. The van der Waals surface area contributed by atoms with Crippen LogP contribution in [0.2, 0.25) is 0 Å². The van der Waals surface area contributed by atoms with Crippen LogP contribution in [0.15, 0.2) is 78.9 Å². The van der Waals surface area contributed by atoms with Crippen LogP contribution in [-0.4, -0.2) is 46.7 Å². The van der Waals surface area contributed by atoms with Crippen LogP contribution in [0.1, 0.15) is 51.6 Å². The molecule has 0 aliphatic carbocycles. The van der Waals surface area contributed by atoms with Crippen LogP contribution in [0, 0.1) is 5.92 Å². The van der Waals surface area contributed by atoms with Gasteiger partial charge in [-0.3, -0.25) is 24.2 Å². The summed E-state index contributed by atoms with van der Waals surface area (Å²) in [5.74, 6) is -0.452. The Labute approximate surface area is 211 Å². The fourth-order valence-corrected chi connectivity index (χ4v) is 5.03. The van der Waals surface area contributed by atoms with Crippen molar-refractivity contribution < 1.29 is 14.4 Å². The molecule has 1 N–H and O–H groups in total. The minimum atomic E-state index is -0.963. The highest BCUT2D eigenvalue weighted by molar-refractivity contribution is 6.23. The molecule has 2 aliphatic rings. The molecule has 1 fully saturated rings. The third-order valence-corrected chi connectivity index (χ3v) is 7.22. The molecule has 3 amide bonds. The maximum atomic E-state index is 13.5. The summed E-state index contributed by atoms with van der Waals surface area (Å²) < 4.78 is 0. The summed E-state index contributed by atoms with van der Waals surface area (Å²) in [6.45, 7) is 5.43. The first kappa shape index (κ1) is 23.9. The van der Waals surface area contributed by atoms with Gasteiger partial charge in [-0.15, -0.1) is 0 Å². The first-order valence-electron chi connectivity index (χ1n) is 12.6. The molecule has 0 bridgehead atoms. The summed E-state index contributed by atoms with van der Waals surface area (Å²) in [4.78, 5) is 43.4. The molecular formula is C30H31N3O3. The minimum Gasteiger partial charge on any atom is -0.324 e. The second kappa shape index (κ2) is 10.5. The molecule has 0 saturated carbocycles. The lowest BCUT2D eigenvalue weighted by Crippen LogP contribution is -2.48. The van der Waals surface area contributed by atoms with Crippen molar-refractivity contribution in [3.8, 4) is 0 Å². The van der Waals surface area contributed by atoms with Gasteiger partial charge in [-0.1, -0.05) is 61.5 Å². The molecular weight excluding hydrogens is 450 g/mol. The number of nitrogens with zero attached hydrogens (tertiary/aromatic N) is 2. The third kappa shape index (κ3) is 5.09. The molecule has 1 unspecified atom stereocenters. The fourth-order valence-electron chi connectivity index (χ4n) is 5.03. The number of carbonyl (C=O) groups excluding carboxylic acids is 3. The zero-order chi connectivity index (χ0) is 25.1. The Hall–Kier alpha value is -3.77. The monoisotopic (exact) mass is 481 g/mol. The lowest BCUT2D eigenvalue weighted by Gasteiger charge is -2.30. The minimum absolute atomic E-state index is 0.240. The van der Waals surface area contributed by atoms with Crippen molar-refractivity contribution in [1.29, 1.82) is 0 Å². The third-order valence-electron chi connectivity index (χ3n) is 7.22. The van der Waals surface area contributed by atoms with Crippen LogP contribution in [0.3, 0.4) is 0 Å². The van der Waals surface area contributed by atoms with Crippen LogP contribution < -0.4 is 5.32 Å². The zero-order valence-corrected chi connectivity index (χ0v) is 20.5. The largest absolute Gasteiger partial charge is 0.324 e. The van der Waals surface area contributed by atoms with Crippen molar-refractivity contribution in [2.45, 2.75) is 38.8 Å². The van der Waals surface area contributed by atoms with Crippen LogP contribution >= 0.6 is 0 Å². The van der Waals surface area contributed by atoms with Crippen LogP contribution in [-0.2, 0) is 17.8 Å². The molecule has 5 rings (SSSR count). The van der Waals surface area contributed by atoms with E-state index in [-0.39, 0.29) is 12.3 Å². The van der Waals surface area contributed by atoms with Gasteiger partial charge in [0, 0.05) is 18.7 Å². The van der Waals surface area contributed by atoms with Gasteiger partial charge in [-0.2, -0.15) is 0 Å². The summed E-state index contributed by atoms with van der Waals surface area (Å²) in [5, 5.41) is 2.95.